The second-order valence-electron chi connectivity index (χ2n) is 10.4. The maximum absolute atomic E-state index is 14.4. The average molecular weight is 653 g/mol. The molecule has 0 heterocycles. The number of hydrogen-bond donors (Lipinski definition) is 1. The minimum Gasteiger partial charge on any atom is -0.354 e. The first-order valence-corrected chi connectivity index (χ1v) is 16.5. The second-order valence-corrected chi connectivity index (χ2v) is 13.2. The fourth-order valence-corrected chi connectivity index (χ4v) is 6.48. The molecule has 10 heteroatoms. The third-order valence-electron chi connectivity index (χ3n) is 7.06. The topological polar surface area (TPSA) is 86.8 Å². The number of carbonyl (C=O) groups is 2. The molecule has 0 aromatic heterocycles. The van der Waals surface area contributed by atoms with E-state index in [0.29, 0.717) is 34.3 Å². The smallest absolute Gasteiger partial charge is 0.264 e. The summed E-state index contributed by atoms with van der Waals surface area (Å²) in [7, 11) is -4.21. The van der Waals surface area contributed by atoms with Gasteiger partial charge in [-0.15, -0.1) is 0 Å². The third-order valence-corrected chi connectivity index (χ3v) is 9.34. The minimum atomic E-state index is -4.21. The van der Waals surface area contributed by atoms with E-state index in [9.17, 15) is 18.0 Å². The average Bonchev–Trinajstić information content (AvgIpc) is 3.01. The molecular weight excluding hydrogens is 617 g/mol. The minimum absolute atomic E-state index is 0.0156. The Morgan fingerprint density at radius 3 is 2.11 bits per heavy atom. The number of aryl methyl sites for hydroxylation is 1. The van der Waals surface area contributed by atoms with Gasteiger partial charge in [0.1, 0.15) is 12.6 Å². The Morgan fingerprint density at radius 1 is 0.818 bits per heavy atom. The molecule has 44 heavy (non-hydrogen) atoms. The lowest BCUT2D eigenvalue weighted by atomic mass is 10.0. The number of rotatable bonds is 13. The van der Waals surface area contributed by atoms with Crippen molar-refractivity contribution in [3.63, 3.8) is 0 Å². The first-order valence-electron chi connectivity index (χ1n) is 14.3. The third kappa shape index (κ3) is 8.62. The fraction of sp³-hybridized carbons (Fsp3) is 0.235. The van der Waals surface area contributed by atoms with Gasteiger partial charge in [0.05, 0.1) is 10.6 Å². The number of nitrogens with one attached hydrogen (secondary N) is 1. The molecule has 4 rings (SSSR count). The van der Waals surface area contributed by atoms with Crippen LogP contribution in [0.25, 0.3) is 0 Å². The number of benzene rings is 4. The van der Waals surface area contributed by atoms with Crippen molar-refractivity contribution in [2.24, 2.45) is 0 Å². The van der Waals surface area contributed by atoms with Gasteiger partial charge in [0.2, 0.25) is 11.8 Å². The van der Waals surface area contributed by atoms with Gasteiger partial charge in [-0.3, -0.25) is 13.9 Å². The summed E-state index contributed by atoms with van der Waals surface area (Å²) in [4.78, 5) is 29.5. The lowest BCUT2D eigenvalue weighted by Crippen LogP contribution is -2.53. The maximum atomic E-state index is 14.4. The molecule has 4 aromatic carbocycles. The lowest BCUT2D eigenvalue weighted by molar-refractivity contribution is -0.140. The molecule has 0 spiro atoms. The van der Waals surface area contributed by atoms with E-state index < -0.39 is 28.5 Å². The molecule has 0 aliphatic heterocycles. The molecule has 0 radical (unpaired) electrons. The summed E-state index contributed by atoms with van der Waals surface area (Å²) in [6.45, 7) is 3.77. The highest BCUT2D eigenvalue weighted by molar-refractivity contribution is 7.92. The van der Waals surface area contributed by atoms with Crippen LogP contribution in [0.1, 0.15) is 30.0 Å². The highest BCUT2D eigenvalue weighted by Gasteiger charge is 2.34. The Balaban J connectivity index is 1.79. The van der Waals surface area contributed by atoms with Crippen molar-refractivity contribution in [1.82, 2.24) is 10.2 Å². The van der Waals surface area contributed by atoms with E-state index >= 15 is 0 Å². The number of halogens is 2. The fourth-order valence-electron chi connectivity index (χ4n) is 4.73. The Hall–Kier alpha value is -3.85. The summed E-state index contributed by atoms with van der Waals surface area (Å²) >= 11 is 12.3. The van der Waals surface area contributed by atoms with E-state index in [2.05, 4.69) is 5.32 Å². The molecule has 1 N–H and O–H groups in total. The van der Waals surface area contributed by atoms with Crippen molar-refractivity contribution in [2.45, 2.75) is 44.2 Å². The zero-order valence-electron chi connectivity index (χ0n) is 24.6. The zero-order valence-corrected chi connectivity index (χ0v) is 26.9. The Labute approximate surface area is 269 Å². The highest BCUT2D eigenvalue weighted by Crippen LogP contribution is 2.26. The quantitative estimate of drug-likeness (QED) is 0.175. The molecule has 0 saturated heterocycles. The SMILES string of the molecule is CCCNC(=O)[C@H](Cc1ccccc1)N(Cc1cccc(Cl)c1)C(=O)CN(c1ccc(C)cc1)S(=O)(=O)c1ccc(Cl)cc1. The van der Waals surface area contributed by atoms with Crippen molar-refractivity contribution in [3.8, 4) is 0 Å². The first kappa shape index (κ1) is 33.1. The standard InChI is InChI=1S/C34H35Cl2N3O4S/c1-3-20-37-34(41)32(22-26-8-5-4-6-9-26)38(23-27-10-7-11-29(36)21-27)33(40)24-39(30-16-12-25(2)13-17-30)44(42,43)31-18-14-28(35)15-19-31/h4-19,21,32H,3,20,22-24H2,1-2H3,(H,37,41)/t32-/m0/s1. The Morgan fingerprint density at radius 2 is 1.48 bits per heavy atom. The Kier molecular flexibility index (Phi) is 11.4. The van der Waals surface area contributed by atoms with Crippen LogP contribution in [0.15, 0.2) is 108 Å². The predicted molar refractivity (Wildman–Crippen MR) is 176 cm³/mol. The van der Waals surface area contributed by atoms with E-state index in [4.69, 9.17) is 23.2 Å². The van der Waals surface area contributed by atoms with Gasteiger partial charge in [-0.25, -0.2) is 8.42 Å². The van der Waals surface area contributed by atoms with Crippen LogP contribution in [-0.2, 0) is 32.6 Å². The summed E-state index contributed by atoms with van der Waals surface area (Å²) in [5.41, 5.74) is 2.81. The van der Waals surface area contributed by atoms with Crippen molar-refractivity contribution in [1.29, 1.82) is 0 Å². The monoisotopic (exact) mass is 651 g/mol. The van der Waals surface area contributed by atoms with E-state index in [-0.39, 0.29) is 23.8 Å². The van der Waals surface area contributed by atoms with Gasteiger partial charge in [0.15, 0.2) is 0 Å². The van der Waals surface area contributed by atoms with E-state index in [1.165, 1.54) is 29.2 Å². The molecule has 0 unspecified atom stereocenters. The molecule has 7 nitrogen and oxygen atoms in total. The van der Waals surface area contributed by atoms with Gasteiger partial charge in [0.25, 0.3) is 10.0 Å². The van der Waals surface area contributed by atoms with Crippen molar-refractivity contribution in [3.05, 3.63) is 130 Å². The van der Waals surface area contributed by atoms with Gasteiger partial charge in [-0.05, 0) is 73.0 Å². The summed E-state index contributed by atoms with van der Waals surface area (Å²) in [6, 6.07) is 28.2. The van der Waals surface area contributed by atoms with Gasteiger partial charge in [-0.1, -0.05) is 90.3 Å². The van der Waals surface area contributed by atoms with Crippen molar-refractivity contribution < 1.29 is 18.0 Å². The molecule has 0 saturated carbocycles. The second kappa shape index (κ2) is 15.2. The molecule has 2 amide bonds. The van der Waals surface area contributed by atoms with Gasteiger partial charge < -0.3 is 10.2 Å². The van der Waals surface area contributed by atoms with Crippen LogP contribution < -0.4 is 9.62 Å². The normalized spacial score (nSPS) is 11.9. The van der Waals surface area contributed by atoms with Crippen molar-refractivity contribution in [2.75, 3.05) is 17.4 Å². The number of amides is 2. The van der Waals surface area contributed by atoms with Crippen LogP contribution in [0.2, 0.25) is 10.0 Å². The number of hydrogen-bond acceptors (Lipinski definition) is 4. The summed E-state index contributed by atoms with van der Waals surface area (Å²) in [5, 5.41) is 3.80. The predicted octanol–water partition coefficient (Wildman–Crippen LogP) is 6.66. The molecule has 0 aliphatic carbocycles. The highest BCUT2D eigenvalue weighted by atomic mass is 35.5. The molecule has 1 atom stereocenters. The van der Waals surface area contributed by atoms with Crippen LogP contribution in [0, 0.1) is 6.92 Å². The lowest BCUT2D eigenvalue weighted by Gasteiger charge is -2.34. The number of anilines is 1. The van der Waals surface area contributed by atoms with Gasteiger partial charge in [0, 0.05) is 29.6 Å². The molecular formula is C34H35Cl2N3O4S. The van der Waals surface area contributed by atoms with Crippen molar-refractivity contribution >= 4 is 50.7 Å². The summed E-state index contributed by atoms with van der Waals surface area (Å²) in [5.74, 6) is -0.871. The molecule has 0 fully saturated rings. The molecule has 0 aliphatic rings. The largest absolute Gasteiger partial charge is 0.354 e. The maximum Gasteiger partial charge on any atom is 0.264 e. The molecule has 0 bridgehead atoms. The number of nitrogens with zero attached hydrogens (tertiary/aromatic N) is 2. The van der Waals surface area contributed by atoms with E-state index in [1.54, 1.807) is 42.5 Å². The zero-order chi connectivity index (χ0) is 31.7. The van der Waals surface area contributed by atoms with Crippen LogP contribution in [0.4, 0.5) is 5.69 Å². The molecule has 230 valence electrons. The first-order chi connectivity index (χ1) is 21.1. The van der Waals surface area contributed by atoms with Crippen LogP contribution in [0.5, 0.6) is 0 Å². The van der Waals surface area contributed by atoms with E-state index in [0.717, 1.165) is 15.4 Å². The van der Waals surface area contributed by atoms with Gasteiger partial charge in [-0.2, -0.15) is 0 Å². The van der Waals surface area contributed by atoms with Crippen LogP contribution in [-0.4, -0.2) is 44.3 Å². The summed E-state index contributed by atoms with van der Waals surface area (Å²) in [6.07, 6.45) is 0.948. The van der Waals surface area contributed by atoms with Crippen LogP contribution >= 0.6 is 23.2 Å². The van der Waals surface area contributed by atoms with Gasteiger partial charge >= 0.3 is 0 Å². The summed E-state index contributed by atoms with van der Waals surface area (Å²) < 4.78 is 29.2. The Bertz CT molecular complexity index is 1670. The number of carbonyl (C=O) groups excluding carboxylic acids is 2. The number of sulfonamides is 1. The van der Waals surface area contributed by atoms with E-state index in [1.807, 2.05) is 50.2 Å². The van der Waals surface area contributed by atoms with Crippen LogP contribution in [0.3, 0.4) is 0 Å². The molecule has 4 aromatic rings.